The van der Waals surface area contributed by atoms with Crippen LogP contribution in [0.1, 0.15) is 0 Å². The molecule has 0 N–H and O–H groups in total. The van der Waals surface area contributed by atoms with Crippen molar-refractivity contribution in [2.24, 2.45) is 0 Å². The lowest BCUT2D eigenvalue weighted by atomic mass is 10.0. The van der Waals surface area contributed by atoms with Gasteiger partial charge in [0, 0.05) is 38.7 Å². The minimum absolute atomic E-state index is 0.633. The van der Waals surface area contributed by atoms with E-state index in [2.05, 4.69) is 218 Å². The lowest BCUT2D eigenvalue weighted by molar-refractivity contribution is 0.995. The number of aromatic nitrogens is 7. The lowest BCUT2D eigenvalue weighted by Crippen LogP contribution is -2.03. The van der Waals surface area contributed by atoms with Crippen LogP contribution in [0.2, 0.25) is 0 Å². The molecule has 13 aromatic rings. The third-order valence-electron chi connectivity index (χ3n) is 12.2. The Bertz CT molecular complexity index is 3780. The van der Waals surface area contributed by atoms with E-state index in [-0.39, 0.29) is 0 Å². The first-order valence-electron chi connectivity index (χ1n) is 20.9. The van der Waals surface area contributed by atoms with Gasteiger partial charge in [-0.3, -0.25) is 18.1 Å². The Balaban J connectivity index is 1.04. The van der Waals surface area contributed by atoms with Gasteiger partial charge in [0.1, 0.15) is 5.52 Å². The molecule has 0 saturated carbocycles. The molecule has 0 fully saturated rings. The van der Waals surface area contributed by atoms with Crippen molar-refractivity contribution in [2.75, 3.05) is 0 Å². The predicted molar refractivity (Wildman–Crippen MR) is 253 cm³/mol. The Morgan fingerprint density at radius 3 is 1.45 bits per heavy atom. The molecular formula is C55H35N7. The van der Waals surface area contributed by atoms with Gasteiger partial charge in [-0.15, -0.1) is 0 Å². The molecule has 0 radical (unpaired) electrons. The zero-order chi connectivity index (χ0) is 40.7. The van der Waals surface area contributed by atoms with Crippen molar-refractivity contribution in [3.8, 4) is 51.0 Å². The molecule has 0 aliphatic rings. The number of hydrogen-bond acceptors (Lipinski definition) is 3. The standard InChI is InChI=1S/C55H35N7/c1-5-17-36(18-6-1)45-35-46(37-19-7-2-8-20-37)57-54(56-45)61-47-27-15-13-25-42(47)44-33-38(29-31-49(44)61)39-30-32-50-51(34-39)62-52-43-26-14-16-28-48(43)59(40-21-9-3-10-22-40)53(52)58-55(62)60(50)41-23-11-4-12-24-41/h1-35H. The second-order valence-corrected chi connectivity index (χ2v) is 15.7. The van der Waals surface area contributed by atoms with E-state index in [0.29, 0.717) is 5.95 Å². The van der Waals surface area contributed by atoms with Crippen LogP contribution in [-0.2, 0) is 0 Å². The summed E-state index contributed by atoms with van der Waals surface area (Å²) in [5.41, 5.74) is 15.6. The zero-order valence-electron chi connectivity index (χ0n) is 33.3. The molecule has 62 heavy (non-hydrogen) atoms. The van der Waals surface area contributed by atoms with Crippen molar-refractivity contribution >= 4 is 60.7 Å². The highest BCUT2D eigenvalue weighted by atomic mass is 15.2. The molecule has 0 saturated heterocycles. The Labute approximate surface area is 355 Å². The van der Waals surface area contributed by atoms with Crippen LogP contribution in [0.5, 0.6) is 0 Å². The van der Waals surface area contributed by atoms with Crippen LogP contribution in [-0.4, -0.2) is 33.1 Å². The Morgan fingerprint density at radius 1 is 0.306 bits per heavy atom. The van der Waals surface area contributed by atoms with Crippen LogP contribution in [0.25, 0.3) is 112 Å². The van der Waals surface area contributed by atoms with E-state index in [9.17, 15) is 0 Å². The van der Waals surface area contributed by atoms with Crippen LogP contribution in [0.15, 0.2) is 212 Å². The van der Waals surface area contributed by atoms with E-state index in [1.165, 1.54) is 0 Å². The van der Waals surface area contributed by atoms with Crippen LogP contribution in [0.4, 0.5) is 0 Å². The molecule has 290 valence electrons. The molecule has 0 atom stereocenters. The number of benzene rings is 8. The first kappa shape index (κ1) is 34.3. The summed E-state index contributed by atoms with van der Waals surface area (Å²) in [4.78, 5) is 16.0. The van der Waals surface area contributed by atoms with E-state index in [1.807, 2.05) is 12.1 Å². The number of hydrogen-bond donors (Lipinski definition) is 0. The molecule has 5 heterocycles. The Morgan fingerprint density at radius 2 is 0.806 bits per heavy atom. The third kappa shape index (κ3) is 5.15. The SMILES string of the molecule is c1ccc(-c2cc(-c3ccccc3)nc(-n3c4ccccc4c4cc(-c5ccc6c(c5)n5c7c8ccccc8n(-c8ccccc8)c7nc5n6-c5ccccc5)ccc43)n2)cc1. The number of para-hydroxylation sites is 4. The first-order chi connectivity index (χ1) is 30.8. The first-order valence-corrected chi connectivity index (χ1v) is 20.9. The Hall–Kier alpha value is -8.55. The van der Waals surface area contributed by atoms with Crippen LogP contribution in [0, 0.1) is 0 Å². The van der Waals surface area contributed by atoms with Crippen molar-refractivity contribution in [3.63, 3.8) is 0 Å². The average molecular weight is 794 g/mol. The van der Waals surface area contributed by atoms with E-state index in [0.717, 1.165) is 106 Å². The van der Waals surface area contributed by atoms with E-state index < -0.39 is 0 Å². The smallest absolute Gasteiger partial charge is 0.235 e. The molecule has 7 heteroatoms. The van der Waals surface area contributed by atoms with Gasteiger partial charge in [0.2, 0.25) is 11.7 Å². The summed E-state index contributed by atoms with van der Waals surface area (Å²) in [7, 11) is 0. The van der Waals surface area contributed by atoms with Crippen LogP contribution < -0.4 is 0 Å². The van der Waals surface area contributed by atoms with Crippen molar-refractivity contribution < 1.29 is 0 Å². The predicted octanol–water partition coefficient (Wildman–Crippen LogP) is 13.3. The van der Waals surface area contributed by atoms with Gasteiger partial charge in [-0.2, -0.15) is 4.98 Å². The second kappa shape index (κ2) is 13.5. The number of rotatable bonds is 6. The van der Waals surface area contributed by atoms with E-state index >= 15 is 0 Å². The Kier molecular flexibility index (Phi) is 7.47. The third-order valence-corrected chi connectivity index (χ3v) is 12.2. The van der Waals surface area contributed by atoms with Gasteiger partial charge >= 0.3 is 0 Å². The van der Waals surface area contributed by atoms with Crippen molar-refractivity contribution in [1.82, 2.24) is 33.1 Å². The molecular weight excluding hydrogens is 759 g/mol. The van der Waals surface area contributed by atoms with Gasteiger partial charge in [-0.1, -0.05) is 146 Å². The minimum atomic E-state index is 0.633. The van der Waals surface area contributed by atoms with Crippen molar-refractivity contribution in [2.45, 2.75) is 0 Å². The van der Waals surface area contributed by atoms with Crippen LogP contribution in [0.3, 0.4) is 0 Å². The van der Waals surface area contributed by atoms with Gasteiger partial charge in [-0.25, -0.2) is 9.97 Å². The quantitative estimate of drug-likeness (QED) is 0.168. The summed E-state index contributed by atoms with van der Waals surface area (Å²) >= 11 is 0. The molecule has 8 aromatic carbocycles. The van der Waals surface area contributed by atoms with Crippen molar-refractivity contribution in [1.29, 1.82) is 0 Å². The lowest BCUT2D eigenvalue weighted by Gasteiger charge is -2.12. The summed E-state index contributed by atoms with van der Waals surface area (Å²) in [5.74, 6) is 1.50. The van der Waals surface area contributed by atoms with Gasteiger partial charge in [0.15, 0.2) is 5.65 Å². The molecule has 5 aromatic heterocycles. The largest absolute Gasteiger partial charge is 0.292 e. The maximum Gasteiger partial charge on any atom is 0.235 e. The number of nitrogens with zero attached hydrogens (tertiary/aromatic N) is 7. The monoisotopic (exact) mass is 793 g/mol. The molecule has 7 nitrogen and oxygen atoms in total. The summed E-state index contributed by atoms with van der Waals surface area (Å²) in [6.45, 7) is 0. The fourth-order valence-corrected chi connectivity index (χ4v) is 9.42. The molecule has 13 rings (SSSR count). The van der Waals surface area contributed by atoms with Crippen molar-refractivity contribution in [3.05, 3.63) is 212 Å². The average Bonchev–Trinajstić information content (AvgIpc) is 4.07. The molecule has 0 amide bonds. The van der Waals surface area contributed by atoms with Gasteiger partial charge < -0.3 is 0 Å². The highest BCUT2D eigenvalue weighted by Gasteiger charge is 2.24. The summed E-state index contributed by atoms with van der Waals surface area (Å²) < 4.78 is 9.14. The molecule has 0 unspecified atom stereocenters. The fourth-order valence-electron chi connectivity index (χ4n) is 9.42. The normalized spacial score (nSPS) is 11.9. The zero-order valence-corrected chi connectivity index (χ0v) is 33.3. The highest BCUT2D eigenvalue weighted by molar-refractivity contribution is 6.12. The van der Waals surface area contributed by atoms with E-state index in [4.69, 9.17) is 15.0 Å². The van der Waals surface area contributed by atoms with Crippen LogP contribution >= 0.6 is 0 Å². The number of fused-ring (bicyclic) bond motifs is 10. The second-order valence-electron chi connectivity index (χ2n) is 15.7. The highest BCUT2D eigenvalue weighted by Crippen LogP contribution is 2.40. The van der Waals surface area contributed by atoms with Gasteiger partial charge in [0.25, 0.3) is 0 Å². The van der Waals surface area contributed by atoms with E-state index in [1.54, 1.807) is 0 Å². The maximum atomic E-state index is 5.48. The molecule has 0 aliphatic heterocycles. The fraction of sp³-hybridized carbons (Fsp3) is 0. The molecule has 0 spiro atoms. The number of imidazole rings is 2. The topological polar surface area (TPSA) is 57.9 Å². The summed E-state index contributed by atoms with van der Waals surface area (Å²) in [6.07, 6.45) is 0. The molecule has 0 aliphatic carbocycles. The van der Waals surface area contributed by atoms with Gasteiger partial charge in [-0.05, 0) is 77.9 Å². The summed E-state index contributed by atoms with van der Waals surface area (Å²) in [6, 6.07) is 74.7. The minimum Gasteiger partial charge on any atom is -0.292 e. The summed E-state index contributed by atoms with van der Waals surface area (Å²) in [5, 5.41) is 3.43. The maximum absolute atomic E-state index is 5.48. The molecule has 0 bridgehead atoms. The van der Waals surface area contributed by atoms with Gasteiger partial charge in [0.05, 0.1) is 39.0 Å².